The first-order valence-electron chi connectivity index (χ1n) is 5.66. The zero-order valence-electron chi connectivity index (χ0n) is 9.91. The summed E-state index contributed by atoms with van der Waals surface area (Å²) < 4.78 is 22.2. The van der Waals surface area contributed by atoms with E-state index >= 15 is 0 Å². The molecule has 4 unspecified atom stereocenters. The fraction of sp³-hybridized carbons (Fsp3) is 1.00. The van der Waals surface area contributed by atoms with Crippen LogP contribution in [0.4, 0.5) is 0 Å². The van der Waals surface area contributed by atoms with Crippen LogP contribution in [0.5, 0.6) is 0 Å². The van der Waals surface area contributed by atoms with Crippen LogP contribution in [0.25, 0.3) is 0 Å². The summed E-state index contributed by atoms with van der Waals surface area (Å²) in [4.78, 5) is 0. The van der Waals surface area contributed by atoms with E-state index in [2.05, 4.69) is 13.8 Å². The lowest BCUT2D eigenvalue weighted by atomic mass is 10.0. The summed E-state index contributed by atoms with van der Waals surface area (Å²) in [5.74, 6) is -1.15. The maximum Gasteiger partial charge on any atom is 0.257 e. The molecule has 0 N–H and O–H groups in total. The van der Waals surface area contributed by atoms with Crippen LogP contribution in [0.1, 0.15) is 33.1 Å². The first-order chi connectivity index (χ1) is 7.20. The van der Waals surface area contributed by atoms with Crippen molar-refractivity contribution in [2.24, 2.45) is 0 Å². The van der Waals surface area contributed by atoms with Crippen LogP contribution in [0.15, 0.2) is 0 Å². The van der Waals surface area contributed by atoms with E-state index in [1.165, 1.54) is 0 Å². The van der Waals surface area contributed by atoms with Crippen molar-refractivity contribution in [3.63, 3.8) is 0 Å². The molecule has 2 aliphatic rings. The Morgan fingerprint density at radius 1 is 1.33 bits per heavy atom. The van der Waals surface area contributed by atoms with E-state index < -0.39 is 11.6 Å². The Balaban J connectivity index is 2.03. The standard InChI is InChI=1S/C11H20O4/c1-5-7-9-11(14-9)10(13-4,15-11)8(6-2)12-3/h8-9H,5-7H2,1-4H3. The van der Waals surface area contributed by atoms with Crippen molar-refractivity contribution >= 4 is 0 Å². The van der Waals surface area contributed by atoms with Gasteiger partial charge in [-0.25, -0.2) is 0 Å². The Morgan fingerprint density at radius 2 is 2.07 bits per heavy atom. The molecule has 1 spiro atoms. The van der Waals surface area contributed by atoms with Crippen LogP contribution >= 0.6 is 0 Å². The Hall–Kier alpha value is -0.160. The lowest BCUT2D eigenvalue weighted by Crippen LogP contribution is -2.37. The molecule has 15 heavy (non-hydrogen) atoms. The Kier molecular flexibility index (Phi) is 2.79. The highest BCUT2D eigenvalue weighted by atomic mass is 17.0. The number of rotatable bonds is 6. The van der Waals surface area contributed by atoms with Crippen LogP contribution < -0.4 is 0 Å². The molecule has 4 atom stereocenters. The number of epoxide rings is 2. The van der Waals surface area contributed by atoms with Crippen molar-refractivity contribution in [1.82, 2.24) is 0 Å². The van der Waals surface area contributed by atoms with Crippen molar-refractivity contribution in [3.05, 3.63) is 0 Å². The van der Waals surface area contributed by atoms with E-state index in [0.717, 1.165) is 19.3 Å². The molecule has 2 rings (SSSR count). The highest BCUT2D eigenvalue weighted by molar-refractivity contribution is 5.20. The highest BCUT2D eigenvalue weighted by Gasteiger charge is 2.89. The highest BCUT2D eigenvalue weighted by Crippen LogP contribution is 2.66. The van der Waals surface area contributed by atoms with E-state index in [0.29, 0.717) is 0 Å². The van der Waals surface area contributed by atoms with Gasteiger partial charge in [0.2, 0.25) is 0 Å². The van der Waals surface area contributed by atoms with E-state index in [-0.39, 0.29) is 12.2 Å². The van der Waals surface area contributed by atoms with Gasteiger partial charge in [0, 0.05) is 14.2 Å². The molecule has 0 aromatic heterocycles. The molecule has 4 nitrogen and oxygen atoms in total. The molecule has 2 saturated heterocycles. The van der Waals surface area contributed by atoms with Gasteiger partial charge in [-0.05, 0) is 12.8 Å². The van der Waals surface area contributed by atoms with E-state index in [1.807, 2.05) is 0 Å². The lowest BCUT2D eigenvalue weighted by Gasteiger charge is -2.19. The molecule has 0 bridgehead atoms. The summed E-state index contributed by atoms with van der Waals surface area (Å²) >= 11 is 0. The quantitative estimate of drug-likeness (QED) is 0.634. The predicted molar refractivity (Wildman–Crippen MR) is 54.4 cm³/mol. The molecular formula is C11H20O4. The summed E-state index contributed by atoms with van der Waals surface area (Å²) in [6.07, 6.45) is 3.11. The molecule has 0 aromatic rings. The zero-order chi connectivity index (χ0) is 11.1. The smallest absolute Gasteiger partial charge is 0.257 e. The minimum atomic E-state index is -0.656. The molecule has 2 aliphatic heterocycles. The molecule has 4 heteroatoms. The van der Waals surface area contributed by atoms with Gasteiger partial charge in [0.05, 0.1) is 0 Å². The number of ether oxygens (including phenoxy) is 4. The summed E-state index contributed by atoms with van der Waals surface area (Å²) in [5.41, 5.74) is 0. The van der Waals surface area contributed by atoms with Crippen molar-refractivity contribution in [2.45, 2.75) is 56.9 Å². The number of methoxy groups -OCH3 is 2. The maximum atomic E-state index is 5.69. The van der Waals surface area contributed by atoms with Gasteiger partial charge in [0.1, 0.15) is 12.2 Å². The second kappa shape index (κ2) is 3.70. The van der Waals surface area contributed by atoms with E-state index in [4.69, 9.17) is 18.9 Å². The lowest BCUT2D eigenvalue weighted by molar-refractivity contribution is -0.115. The van der Waals surface area contributed by atoms with Gasteiger partial charge < -0.3 is 18.9 Å². The monoisotopic (exact) mass is 216 g/mol. The van der Waals surface area contributed by atoms with Crippen molar-refractivity contribution in [1.29, 1.82) is 0 Å². The largest absolute Gasteiger partial charge is 0.376 e. The van der Waals surface area contributed by atoms with E-state index in [1.54, 1.807) is 14.2 Å². The van der Waals surface area contributed by atoms with Crippen LogP contribution in [-0.4, -0.2) is 38.0 Å². The van der Waals surface area contributed by atoms with E-state index in [9.17, 15) is 0 Å². The molecule has 2 fully saturated rings. The first kappa shape index (κ1) is 11.3. The van der Waals surface area contributed by atoms with Crippen LogP contribution in [0.3, 0.4) is 0 Å². The average molecular weight is 216 g/mol. The second-order valence-corrected chi connectivity index (χ2v) is 4.17. The molecule has 0 aromatic carbocycles. The second-order valence-electron chi connectivity index (χ2n) is 4.17. The molecule has 0 amide bonds. The van der Waals surface area contributed by atoms with Gasteiger partial charge in [-0.1, -0.05) is 20.3 Å². The van der Waals surface area contributed by atoms with Crippen LogP contribution in [-0.2, 0) is 18.9 Å². The topological polar surface area (TPSA) is 43.5 Å². The minimum absolute atomic E-state index is 0.0515. The molecule has 0 saturated carbocycles. The van der Waals surface area contributed by atoms with Gasteiger partial charge in [-0.2, -0.15) is 0 Å². The number of hydrogen-bond donors (Lipinski definition) is 0. The molecule has 88 valence electrons. The predicted octanol–water partition coefficient (Wildman–Crippen LogP) is 1.68. The van der Waals surface area contributed by atoms with Gasteiger partial charge in [0.25, 0.3) is 11.6 Å². The van der Waals surface area contributed by atoms with Gasteiger partial charge in [-0.3, -0.25) is 0 Å². The summed E-state index contributed by atoms with van der Waals surface area (Å²) in [5, 5.41) is 0. The molecule has 0 aliphatic carbocycles. The normalized spacial score (nSPS) is 44.4. The first-order valence-corrected chi connectivity index (χ1v) is 5.66. The molecule has 2 heterocycles. The molecule has 0 radical (unpaired) electrons. The van der Waals surface area contributed by atoms with Crippen molar-refractivity contribution in [3.8, 4) is 0 Å². The third-order valence-electron chi connectivity index (χ3n) is 3.36. The summed E-state index contributed by atoms with van der Waals surface area (Å²) in [7, 11) is 3.34. The SMILES string of the molecule is CCCC1OC12OC2(OC)C(CC)OC. The third-order valence-corrected chi connectivity index (χ3v) is 3.36. The summed E-state index contributed by atoms with van der Waals surface area (Å²) in [6.45, 7) is 4.20. The van der Waals surface area contributed by atoms with Crippen LogP contribution in [0.2, 0.25) is 0 Å². The molecular weight excluding hydrogens is 196 g/mol. The van der Waals surface area contributed by atoms with Gasteiger partial charge >= 0.3 is 0 Å². The zero-order valence-corrected chi connectivity index (χ0v) is 9.91. The Bertz CT molecular complexity index is 241. The minimum Gasteiger partial charge on any atom is -0.376 e. The summed E-state index contributed by atoms with van der Waals surface area (Å²) in [6, 6.07) is 0. The third kappa shape index (κ3) is 1.35. The maximum absolute atomic E-state index is 5.69. The van der Waals surface area contributed by atoms with Crippen LogP contribution in [0, 0.1) is 0 Å². The van der Waals surface area contributed by atoms with Gasteiger partial charge in [-0.15, -0.1) is 0 Å². The van der Waals surface area contributed by atoms with Crippen molar-refractivity contribution < 1.29 is 18.9 Å². The Morgan fingerprint density at radius 3 is 2.53 bits per heavy atom. The van der Waals surface area contributed by atoms with Crippen molar-refractivity contribution in [2.75, 3.05) is 14.2 Å². The fourth-order valence-electron chi connectivity index (χ4n) is 2.48. The fourth-order valence-corrected chi connectivity index (χ4v) is 2.48. The number of hydrogen-bond acceptors (Lipinski definition) is 4. The van der Waals surface area contributed by atoms with Gasteiger partial charge in [0.15, 0.2) is 0 Å². The Labute approximate surface area is 90.8 Å². The average Bonchev–Trinajstić information content (AvgIpc) is 3.10.